The van der Waals surface area contributed by atoms with E-state index in [1.807, 2.05) is 5.92 Å². The van der Waals surface area contributed by atoms with E-state index in [1.165, 1.54) is 36.6 Å². The van der Waals surface area contributed by atoms with Crippen LogP contribution < -0.4 is 15.0 Å². The summed E-state index contributed by atoms with van der Waals surface area (Å²) < 4.78 is 5.02. The maximum atomic E-state index is 12.7. The first-order valence-electron chi connectivity index (χ1n) is 7.58. The molecular formula is C18H16N2O6S. The van der Waals surface area contributed by atoms with Crippen LogP contribution in [0.5, 0.6) is 11.5 Å². The van der Waals surface area contributed by atoms with Gasteiger partial charge in [0, 0.05) is 10.9 Å². The summed E-state index contributed by atoms with van der Waals surface area (Å²) in [7, 11) is 1.41. The minimum absolute atomic E-state index is 0.0115. The van der Waals surface area contributed by atoms with E-state index in [0.717, 1.165) is 4.90 Å². The maximum Gasteiger partial charge on any atom is 0.322 e. The average molecular weight is 388 g/mol. The number of carbonyl (C=O) groups excluding carboxylic acids is 2. The van der Waals surface area contributed by atoms with Gasteiger partial charge in [0.05, 0.1) is 12.8 Å². The molecule has 0 fully saturated rings. The molecule has 0 aliphatic carbocycles. The Kier molecular flexibility index (Phi) is 6.41. The molecule has 0 saturated carbocycles. The van der Waals surface area contributed by atoms with Crippen LogP contribution in [0.4, 0.5) is 5.69 Å². The topological polar surface area (TPSA) is 116 Å². The Hall–Kier alpha value is -3.51. The van der Waals surface area contributed by atoms with E-state index in [4.69, 9.17) is 16.3 Å². The summed E-state index contributed by atoms with van der Waals surface area (Å²) in [5.74, 6) is -0.921. The Morgan fingerprint density at radius 3 is 2.63 bits per heavy atom. The van der Waals surface area contributed by atoms with Gasteiger partial charge in [0.2, 0.25) is 5.91 Å². The number of thiophene rings is 1. The van der Waals surface area contributed by atoms with Gasteiger partial charge in [-0.05, 0) is 29.5 Å². The Bertz CT molecular complexity index is 888. The zero-order valence-corrected chi connectivity index (χ0v) is 15.0. The fourth-order valence-corrected chi connectivity index (χ4v) is 3.16. The van der Waals surface area contributed by atoms with Crippen molar-refractivity contribution in [2.75, 3.05) is 18.6 Å². The third-order valence-corrected chi connectivity index (χ3v) is 4.44. The number of nitrogens with zero attached hydrogens (tertiary/aromatic N) is 1. The number of rotatable bonds is 7. The first-order valence-corrected chi connectivity index (χ1v) is 8.46. The second kappa shape index (κ2) is 8.73. The summed E-state index contributed by atoms with van der Waals surface area (Å²) in [6.07, 6.45) is 5.26. The molecule has 2 amide bonds. The Morgan fingerprint density at radius 1 is 1.37 bits per heavy atom. The molecule has 1 heterocycles. The molecule has 3 N–H and O–H groups in total. The van der Waals surface area contributed by atoms with E-state index < -0.39 is 30.4 Å². The van der Waals surface area contributed by atoms with E-state index in [2.05, 4.69) is 5.32 Å². The summed E-state index contributed by atoms with van der Waals surface area (Å²) in [6.45, 7) is -0.632. The first kappa shape index (κ1) is 19.8. The molecule has 0 aliphatic rings. The van der Waals surface area contributed by atoms with Crippen LogP contribution in [-0.4, -0.2) is 41.7 Å². The van der Waals surface area contributed by atoms with Crippen LogP contribution in [-0.2, 0) is 14.4 Å². The maximum absolute atomic E-state index is 12.7. The van der Waals surface area contributed by atoms with Gasteiger partial charge in [-0.15, -0.1) is 17.8 Å². The van der Waals surface area contributed by atoms with Crippen LogP contribution in [0, 0.1) is 12.3 Å². The molecule has 1 atom stereocenters. The molecule has 1 aromatic carbocycles. The second-order valence-corrected chi connectivity index (χ2v) is 6.18. The number of nitrogens with one attached hydrogen (secondary N) is 1. The number of hydrogen-bond acceptors (Lipinski definition) is 6. The molecule has 0 saturated heterocycles. The van der Waals surface area contributed by atoms with Gasteiger partial charge in [-0.3, -0.25) is 19.3 Å². The SMILES string of the molecule is C#CC(=O)N(c1ccc(OC)cc1O)C(C(=O)NCC(=O)O)c1cccs1. The van der Waals surface area contributed by atoms with Crippen molar-refractivity contribution in [1.29, 1.82) is 0 Å². The average Bonchev–Trinajstić information content (AvgIpc) is 3.17. The zero-order chi connectivity index (χ0) is 20.0. The summed E-state index contributed by atoms with van der Waals surface area (Å²) in [5.41, 5.74) is -0.0115. The van der Waals surface area contributed by atoms with E-state index in [1.54, 1.807) is 17.5 Å². The van der Waals surface area contributed by atoms with Crippen LogP contribution >= 0.6 is 11.3 Å². The highest BCUT2D eigenvalue weighted by atomic mass is 32.1. The lowest BCUT2D eigenvalue weighted by atomic mass is 10.1. The number of terminal acetylenes is 1. The van der Waals surface area contributed by atoms with Gasteiger partial charge in [-0.2, -0.15) is 0 Å². The molecule has 0 spiro atoms. The third-order valence-electron chi connectivity index (χ3n) is 3.52. The van der Waals surface area contributed by atoms with Crippen LogP contribution in [0.25, 0.3) is 0 Å². The molecule has 2 rings (SSSR count). The summed E-state index contributed by atoms with van der Waals surface area (Å²) in [5, 5.41) is 23.1. The van der Waals surface area contributed by atoms with Crippen molar-refractivity contribution in [2.45, 2.75) is 6.04 Å². The Morgan fingerprint density at radius 2 is 2.11 bits per heavy atom. The van der Waals surface area contributed by atoms with Gasteiger partial charge in [0.25, 0.3) is 0 Å². The number of amides is 2. The van der Waals surface area contributed by atoms with Crippen LogP contribution in [0.1, 0.15) is 10.9 Å². The van der Waals surface area contributed by atoms with Gasteiger partial charge < -0.3 is 20.3 Å². The zero-order valence-electron chi connectivity index (χ0n) is 14.2. The molecule has 1 unspecified atom stereocenters. The number of hydrogen-bond donors (Lipinski definition) is 3. The number of ether oxygens (including phenoxy) is 1. The highest BCUT2D eigenvalue weighted by molar-refractivity contribution is 7.10. The molecule has 9 heteroatoms. The number of carboxylic acids is 1. The van der Waals surface area contributed by atoms with Gasteiger partial charge in [0.15, 0.2) is 6.04 Å². The standard InChI is InChI=1S/C18H16N2O6S/c1-3-15(22)20(12-7-6-11(26-2)9-13(12)21)17(14-5-4-8-27-14)18(25)19-10-16(23)24/h1,4-9,17,21H,10H2,2H3,(H,19,25)(H,23,24). The van der Waals surface area contributed by atoms with Crippen molar-refractivity contribution >= 4 is 34.8 Å². The third kappa shape index (κ3) is 4.56. The molecule has 0 bridgehead atoms. The lowest BCUT2D eigenvalue weighted by molar-refractivity contribution is -0.138. The minimum atomic E-state index is -1.26. The van der Waals surface area contributed by atoms with Crippen LogP contribution in [0.2, 0.25) is 0 Å². The lowest BCUT2D eigenvalue weighted by Gasteiger charge is -2.29. The largest absolute Gasteiger partial charge is 0.506 e. The van der Waals surface area contributed by atoms with Crippen LogP contribution in [0.3, 0.4) is 0 Å². The molecule has 2 aromatic rings. The summed E-state index contributed by atoms with van der Waals surface area (Å²) in [4.78, 5) is 37.3. The number of methoxy groups -OCH3 is 1. The molecule has 8 nitrogen and oxygen atoms in total. The number of phenolic OH excluding ortho intramolecular Hbond substituents is 1. The van der Waals surface area contributed by atoms with Crippen molar-refractivity contribution in [2.24, 2.45) is 0 Å². The van der Waals surface area contributed by atoms with Crippen molar-refractivity contribution in [3.05, 3.63) is 40.6 Å². The van der Waals surface area contributed by atoms with Crippen molar-refractivity contribution < 1.29 is 29.3 Å². The van der Waals surface area contributed by atoms with E-state index in [-0.39, 0.29) is 11.4 Å². The van der Waals surface area contributed by atoms with Crippen molar-refractivity contribution in [3.63, 3.8) is 0 Å². The molecular weight excluding hydrogens is 372 g/mol. The minimum Gasteiger partial charge on any atom is -0.506 e. The predicted octanol–water partition coefficient (Wildman–Crippen LogP) is 1.37. The number of carbonyl (C=O) groups is 3. The van der Waals surface area contributed by atoms with Gasteiger partial charge in [-0.25, -0.2) is 0 Å². The van der Waals surface area contributed by atoms with E-state index >= 15 is 0 Å². The normalized spacial score (nSPS) is 11.1. The van der Waals surface area contributed by atoms with Crippen LogP contribution in [0.15, 0.2) is 35.7 Å². The van der Waals surface area contributed by atoms with Crippen molar-refractivity contribution in [3.8, 4) is 23.8 Å². The molecule has 1 aromatic heterocycles. The van der Waals surface area contributed by atoms with E-state index in [0.29, 0.717) is 10.6 Å². The quantitative estimate of drug-likeness (QED) is 0.617. The molecule has 0 aliphatic heterocycles. The highest BCUT2D eigenvalue weighted by Crippen LogP contribution is 2.37. The monoisotopic (exact) mass is 388 g/mol. The lowest BCUT2D eigenvalue weighted by Crippen LogP contribution is -2.44. The number of benzene rings is 1. The van der Waals surface area contributed by atoms with Crippen molar-refractivity contribution in [1.82, 2.24) is 5.32 Å². The van der Waals surface area contributed by atoms with Gasteiger partial charge in [-0.1, -0.05) is 6.07 Å². The van der Waals surface area contributed by atoms with Gasteiger partial charge in [0.1, 0.15) is 18.0 Å². The fraction of sp³-hybridized carbons (Fsp3) is 0.167. The molecule has 140 valence electrons. The summed E-state index contributed by atoms with van der Waals surface area (Å²) >= 11 is 1.18. The first-order chi connectivity index (χ1) is 12.9. The molecule has 0 radical (unpaired) electrons. The van der Waals surface area contributed by atoms with E-state index in [9.17, 15) is 19.5 Å². The second-order valence-electron chi connectivity index (χ2n) is 5.20. The predicted molar refractivity (Wildman–Crippen MR) is 98.7 cm³/mol. The van der Waals surface area contributed by atoms with Gasteiger partial charge >= 0.3 is 11.9 Å². The number of anilines is 1. The molecule has 27 heavy (non-hydrogen) atoms. The number of aromatic hydroxyl groups is 1. The number of phenols is 1. The summed E-state index contributed by atoms with van der Waals surface area (Å²) in [6, 6.07) is 6.16. The Balaban J connectivity index is 2.55. The highest BCUT2D eigenvalue weighted by Gasteiger charge is 2.34. The Labute approximate surface area is 159 Å². The fourth-order valence-electron chi connectivity index (χ4n) is 2.35. The number of carboxylic acid groups (broad SMARTS) is 1. The number of aliphatic carboxylic acids is 1. The smallest absolute Gasteiger partial charge is 0.322 e.